The van der Waals surface area contributed by atoms with Crippen LogP contribution in [0.1, 0.15) is 30.7 Å². The number of hydrogen-bond acceptors (Lipinski definition) is 5. The van der Waals surface area contributed by atoms with Crippen LogP contribution in [0.3, 0.4) is 0 Å². The van der Waals surface area contributed by atoms with Gasteiger partial charge < -0.3 is 5.32 Å². The number of amides is 2. The molecule has 134 valence electrons. The number of rotatable bonds is 5. The van der Waals surface area contributed by atoms with Gasteiger partial charge in [-0.2, -0.15) is 5.26 Å². The molecule has 2 rings (SSSR count). The van der Waals surface area contributed by atoms with Crippen molar-refractivity contribution >= 4 is 40.0 Å². The minimum Gasteiger partial charge on any atom is -0.321 e. The van der Waals surface area contributed by atoms with Crippen molar-refractivity contribution in [1.29, 1.82) is 5.26 Å². The Morgan fingerprint density at radius 3 is 2.54 bits per heavy atom. The third-order valence-electron chi connectivity index (χ3n) is 3.81. The SMILES string of the molecule is CCN(C(C)=O)c1nc(/C=C(/C#N)C(=O)Nc2c(C)cccc2C)cs1. The van der Waals surface area contributed by atoms with Gasteiger partial charge >= 0.3 is 0 Å². The Morgan fingerprint density at radius 1 is 1.35 bits per heavy atom. The fourth-order valence-electron chi connectivity index (χ4n) is 2.45. The van der Waals surface area contributed by atoms with Crippen LogP contribution in [0, 0.1) is 25.2 Å². The van der Waals surface area contributed by atoms with Gasteiger partial charge in [0.25, 0.3) is 5.91 Å². The molecule has 0 spiro atoms. The van der Waals surface area contributed by atoms with Crippen LogP contribution in [0.25, 0.3) is 6.08 Å². The summed E-state index contributed by atoms with van der Waals surface area (Å²) >= 11 is 1.29. The third kappa shape index (κ3) is 4.35. The van der Waals surface area contributed by atoms with Gasteiger partial charge in [-0.1, -0.05) is 18.2 Å². The second-order valence-corrected chi connectivity index (χ2v) is 6.55. The van der Waals surface area contributed by atoms with Crippen LogP contribution in [0.15, 0.2) is 29.2 Å². The molecular formula is C19H20N4O2S. The average molecular weight is 368 g/mol. The lowest BCUT2D eigenvalue weighted by molar-refractivity contribution is -0.116. The Kier molecular flexibility index (Phi) is 6.26. The van der Waals surface area contributed by atoms with E-state index in [4.69, 9.17) is 0 Å². The maximum atomic E-state index is 12.5. The summed E-state index contributed by atoms with van der Waals surface area (Å²) in [6, 6.07) is 7.62. The first-order valence-corrected chi connectivity index (χ1v) is 8.98. The minimum atomic E-state index is -0.488. The van der Waals surface area contributed by atoms with Gasteiger partial charge in [0.05, 0.1) is 5.69 Å². The van der Waals surface area contributed by atoms with Gasteiger partial charge in [-0.15, -0.1) is 11.3 Å². The molecular weight excluding hydrogens is 348 g/mol. The highest BCUT2D eigenvalue weighted by molar-refractivity contribution is 7.14. The normalized spacial score (nSPS) is 11.0. The van der Waals surface area contributed by atoms with E-state index in [9.17, 15) is 14.9 Å². The summed E-state index contributed by atoms with van der Waals surface area (Å²) in [5.41, 5.74) is 2.97. The summed E-state index contributed by atoms with van der Waals surface area (Å²) in [6.45, 7) is 7.62. The molecule has 0 saturated carbocycles. The zero-order valence-corrected chi connectivity index (χ0v) is 16.0. The molecule has 7 heteroatoms. The van der Waals surface area contributed by atoms with Crippen LogP contribution in [0.4, 0.5) is 10.8 Å². The standard InChI is InChI=1S/C19H20N4O2S/c1-5-23(14(4)24)19-21-16(11-26-19)9-15(10-20)18(25)22-17-12(2)7-6-8-13(17)3/h6-9,11H,5H2,1-4H3,(H,22,25)/b15-9-. The van der Waals surface area contributed by atoms with Crippen molar-refractivity contribution in [1.82, 2.24) is 4.98 Å². The average Bonchev–Trinajstić information content (AvgIpc) is 3.04. The molecule has 0 atom stereocenters. The Balaban J connectivity index is 2.25. The zero-order valence-electron chi connectivity index (χ0n) is 15.2. The molecule has 0 unspecified atom stereocenters. The lowest BCUT2D eigenvalue weighted by Crippen LogP contribution is -2.27. The molecule has 0 aliphatic heterocycles. The van der Waals surface area contributed by atoms with E-state index < -0.39 is 5.91 Å². The topological polar surface area (TPSA) is 86.1 Å². The smallest absolute Gasteiger partial charge is 0.266 e. The maximum Gasteiger partial charge on any atom is 0.266 e. The van der Waals surface area contributed by atoms with Crippen molar-refractivity contribution in [2.24, 2.45) is 0 Å². The molecule has 0 fully saturated rings. The first-order chi connectivity index (χ1) is 12.4. The number of thiazole rings is 1. The van der Waals surface area contributed by atoms with Gasteiger partial charge in [-0.25, -0.2) is 4.98 Å². The van der Waals surface area contributed by atoms with Gasteiger partial charge in [-0.05, 0) is 38.0 Å². The number of aromatic nitrogens is 1. The van der Waals surface area contributed by atoms with Gasteiger partial charge in [0.2, 0.25) is 5.91 Å². The lowest BCUT2D eigenvalue weighted by Gasteiger charge is -2.14. The number of carbonyl (C=O) groups excluding carboxylic acids is 2. The summed E-state index contributed by atoms with van der Waals surface area (Å²) in [7, 11) is 0. The predicted octanol–water partition coefficient (Wildman–Crippen LogP) is 3.68. The summed E-state index contributed by atoms with van der Waals surface area (Å²) in [6.07, 6.45) is 1.43. The quantitative estimate of drug-likeness (QED) is 0.644. The molecule has 0 radical (unpaired) electrons. The van der Waals surface area contributed by atoms with Crippen LogP contribution >= 0.6 is 11.3 Å². The zero-order chi connectivity index (χ0) is 19.3. The largest absolute Gasteiger partial charge is 0.321 e. The lowest BCUT2D eigenvalue weighted by atomic mass is 10.1. The fourth-order valence-corrected chi connectivity index (χ4v) is 3.34. The molecule has 0 bridgehead atoms. The van der Waals surface area contributed by atoms with Gasteiger partial charge in [-0.3, -0.25) is 14.5 Å². The summed E-state index contributed by atoms with van der Waals surface area (Å²) in [5, 5.41) is 14.4. The number of carbonyl (C=O) groups is 2. The number of nitrogens with zero attached hydrogens (tertiary/aromatic N) is 3. The van der Waals surface area contributed by atoms with Gasteiger partial charge in [0, 0.05) is 24.5 Å². The van der Waals surface area contributed by atoms with Gasteiger partial charge in [0.1, 0.15) is 11.6 Å². The van der Waals surface area contributed by atoms with E-state index in [0.717, 1.165) is 11.1 Å². The van der Waals surface area contributed by atoms with Crippen LogP contribution < -0.4 is 10.2 Å². The van der Waals surface area contributed by atoms with Crippen LogP contribution in [0.5, 0.6) is 0 Å². The molecule has 1 aromatic heterocycles. The Morgan fingerprint density at radius 2 is 2.00 bits per heavy atom. The van der Waals surface area contributed by atoms with E-state index in [-0.39, 0.29) is 11.5 Å². The van der Waals surface area contributed by atoms with Crippen molar-refractivity contribution in [2.75, 3.05) is 16.8 Å². The van der Waals surface area contributed by atoms with Crippen molar-refractivity contribution in [3.63, 3.8) is 0 Å². The highest BCUT2D eigenvalue weighted by atomic mass is 32.1. The number of aryl methyl sites for hydroxylation is 2. The number of hydrogen-bond donors (Lipinski definition) is 1. The number of para-hydroxylation sites is 1. The van der Waals surface area contributed by atoms with Crippen molar-refractivity contribution < 1.29 is 9.59 Å². The molecule has 2 amide bonds. The number of benzene rings is 1. The monoisotopic (exact) mass is 368 g/mol. The van der Waals surface area contributed by atoms with Crippen molar-refractivity contribution in [2.45, 2.75) is 27.7 Å². The Hall–Kier alpha value is -2.98. The van der Waals surface area contributed by atoms with E-state index in [0.29, 0.717) is 23.1 Å². The second-order valence-electron chi connectivity index (χ2n) is 5.71. The number of nitrogens with one attached hydrogen (secondary N) is 1. The van der Waals surface area contributed by atoms with E-state index >= 15 is 0 Å². The van der Waals surface area contributed by atoms with Crippen LogP contribution in [-0.4, -0.2) is 23.3 Å². The van der Waals surface area contributed by atoms with E-state index in [2.05, 4.69) is 10.3 Å². The van der Waals surface area contributed by atoms with E-state index in [1.165, 1.54) is 29.2 Å². The van der Waals surface area contributed by atoms with Crippen molar-refractivity contribution in [3.8, 4) is 6.07 Å². The van der Waals surface area contributed by atoms with Crippen LogP contribution in [0.2, 0.25) is 0 Å². The minimum absolute atomic E-state index is 0.0459. The summed E-state index contributed by atoms with van der Waals surface area (Å²) in [5.74, 6) is -0.593. The Labute approximate surface area is 156 Å². The number of nitriles is 1. The molecule has 2 aromatic rings. The molecule has 1 heterocycles. The van der Waals surface area contributed by atoms with E-state index in [1.807, 2.05) is 45.0 Å². The molecule has 0 aliphatic carbocycles. The summed E-state index contributed by atoms with van der Waals surface area (Å²) < 4.78 is 0. The van der Waals surface area contributed by atoms with Crippen LogP contribution in [-0.2, 0) is 9.59 Å². The fraction of sp³-hybridized carbons (Fsp3) is 0.263. The molecule has 26 heavy (non-hydrogen) atoms. The van der Waals surface area contributed by atoms with E-state index in [1.54, 1.807) is 5.38 Å². The molecule has 1 N–H and O–H groups in total. The van der Waals surface area contributed by atoms with Gasteiger partial charge in [0.15, 0.2) is 5.13 Å². The van der Waals surface area contributed by atoms with Crippen molar-refractivity contribution in [3.05, 3.63) is 46.0 Å². The molecule has 1 aromatic carbocycles. The third-order valence-corrected chi connectivity index (χ3v) is 4.70. The maximum absolute atomic E-state index is 12.5. The predicted molar refractivity (Wildman–Crippen MR) is 104 cm³/mol. The molecule has 6 nitrogen and oxygen atoms in total. The highest BCUT2D eigenvalue weighted by Crippen LogP contribution is 2.23. The highest BCUT2D eigenvalue weighted by Gasteiger charge is 2.15. The number of anilines is 2. The first kappa shape index (κ1) is 19.3. The first-order valence-electron chi connectivity index (χ1n) is 8.10. The molecule has 0 aliphatic rings. The molecule has 0 saturated heterocycles. The Bertz CT molecular complexity index is 888. The summed E-state index contributed by atoms with van der Waals surface area (Å²) in [4.78, 5) is 29.9. The second kappa shape index (κ2) is 8.41.